The minimum Gasteiger partial charge on any atom is -0.352 e. The van der Waals surface area contributed by atoms with Crippen LogP contribution in [0.25, 0.3) is 0 Å². The Morgan fingerprint density at radius 3 is 3.14 bits per heavy atom. The summed E-state index contributed by atoms with van der Waals surface area (Å²) in [6.45, 7) is 1.26. The van der Waals surface area contributed by atoms with Gasteiger partial charge in [-0.1, -0.05) is 11.6 Å². The second kappa shape index (κ2) is 4.13. The molecule has 0 amide bonds. The first-order valence-corrected chi connectivity index (χ1v) is 5.14. The van der Waals surface area contributed by atoms with Crippen LogP contribution in [0, 0.1) is 0 Å². The topological polar surface area (TPSA) is 16.1 Å². The molecule has 1 atom stereocenters. The van der Waals surface area contributed by atoms with Crippen molar-refractivity contribution in [1.29, 1.82) is 0 Å². The van der Waals surface area contributed by atoms with Crippen LogP contribution < -0.4 is 4.90 Å². The highest BCUT2D eigenvalue weighted by atomic mass is 35.5. The first-order valence-electron chi connectivity index (χ1n) is 4.77. The maximum absolute atomic E-state index is 13.1. The lowest BCUT2D eigenvalue weighted by Crippen LogP contribution is -2.37. The molecule has 0 saturated carbocycles. The predicted molar refractivity (Wildman–Crippen MR) is 55.6 cm³/mol. The van der Waals surface area contributed by atoms with Crippen molar-refractivity contribution in [2.75, 3.05) is 18.0 Å². The van der Waals surface area contributed by atoms with Crippen LogP contribution in [0.1, 0.15) is 12.8 Å². The largest absolute Gasteiger partial charge is 0.352 e. The quantitative estimate of drug-likeness (QED) is 0.715. The van der Waals surface area contributed by atoms with Gasteiger partial charge < -0.3 is 4.90 Å². The van der Waals surface area contributed by atoms with Crippen LogP contribution in [0.15, 0.2) is 18.3 Å². The van der Waals surface area contributed by atoms with Gasteiger partial charge in [-0.15, -0.1) is 0 Å². The normalized spacial score (nSPS) is 22.4. The molecule has 1 aromatic heterocycles. The molecule has 4 heteroatoms. The lowest BCUT2D eigenvalue weighted by Gasteiger charge is -2.30. The number of hydrogen-bond donors (Lipinski definition) is 0. The van der Waals surface area contributed by atoms with E-state index in [0.717, 1.165) is 13.0 Å². The van der Waals surface area contributed by atoms with Gasteiger partial charge in [0.25, 0.3) is 0 Å². The minimum absolute atomic E-state index is 0.413. The number of halogens is 2. The highest BCUT2D eigenvalue weighted by molar-refractivity contribution is 6.32. The van der Waals surface area contributed by atoms with Crippen LogP contribution in [-0.4, -0.2) is 24.2 Å². The molecular formula is C10H12ClFN2. The van der Waals surface area contributed by atoms with Gasteiger partial charge in [-0.25, -0.2) is 9.37 Å². The third-order valence-electron chi connectivity index (χ3n) is 2.40. The summed E-state index contributed by atoms with van der Waals surface area (Å²) in [6.07, 6.45) is 2.46. The number of hydrogen-bond acceptors (Lipinski definition) is 2. The summed E-state index contributed by atoms with van der Waals surface area (Å²) in [7, 11) is 0. The molecule has 0 bridgehead atoms. The third-order valence-corrected chi connectivity index (χ3v) is 2.70. The van der Waals surface area contributed by atoms with Crippen molar-refractivity contribution in [2.45, 2.75) is 19.0 Å². The number of nitrogens with zero attached hydrogens (tertiary/aromatic N) is 2. The van der Waals surface area contributed by atoms with E-state index in [0.29, 0.717) is 23.8 Å². The summed E-state index contributed by atoms with van der Waals surface area (Å²) in [6, 6.07) is 3.56. The zero-order valence-electron chi connectivity index (χ0n) is 7.79. The molecule has 1 unspecified atom stereocenters. The van der Waals surface area contributed by atoms with Gasteiger partial charge in [0.2, 0.25) is 0 Å². The Kier molecular flexibility index (Phi) is 2.87. The molecule has 2 nitrogen and oxygen atoms in total. The monoisotopic (exact) mass is 214 g/mol. The molecule has 1 aliphatic heterocycles. The van der Waals surface area contributed by atoms with Crippen molar-refractivity contribution in [2.24, 2.45) is 0 Å². The highest BCUT2D eigenvalue weighted by Gasteiger charge is 2.21. The van der Waals surface area contributed by atoms with Gasteiger partial charge in [-0.05, 0) is 25.0 Å². The minimum atomic E-state index is -0.748. The number of alkyl halides is 1. The molecule has 14 heavy (non-hydrogen) atoms. The van der Waals surface area contributed by atoms with E-state index < -0.39 is 6.17 Å². The van der Waals surface area contributed by atoms with E-state index in [1.807, 2.05) is 4.90 Å². The second-order valence-corrected chi connectivity index (χ2v) is 3.90. The summed E-state index contributed by atoms with van der Waals surface area (Å²) in [4.78, 5) is 6.08. The maximum atomic E-state index is 13.1. The van der Waals surface area contributed by atoms with Gasteiger partial charge >= 0.3 is 0 Å². The van der Waals surface area contributed by atoms with E-state index in [4.69, 9.17) is 11.6 Å². The molecular weight excluding hydrogens is 203 g/mol. The van der Waals surface area contributed by atoms with Crippen molar-refractivity contribution < 1.29 is 4.39 Å². The average molecular weight is 215 g/mol. The number of aromatic nitrogens is 1. The summed E-state index contributed by atoms with van der Waals surface area (Å²) in [5.41, 5.74) is 0. The average Bonchev–Trinajstić information content (AvgIpc) is 2.18. The number of piperidine rings is 1. The van der Waals surface area contributed by atoms with Crippen LogP contribution in [0.4, 0.5) is 10.2 Å². The van der Waals surface area contributed by atoms with Gasteiger partial charge in [0.15, 0.2) is 0 Å². The standard InChI is InChI=1S/C10H12ClFN2/c11-9-4-1-5-13-10(9)14-6-2-3-8(12)7-14/h1,4-5,8H,2-3,6-7H2. The number of anilines is 1. The van der Waals surface area contributed by atoms with Gasteiger partial charge in [0.1, 0.15) is 12.0 Å². The zero-order valence-corrected chi connectivity index (χ0v) is 8.54. The first-order chi connectivity index (χ1) is 6.77. The van der Waals surface area contributed by atoms with Crippen molar-refractivity contribution in [3.8, 4) is 0 Å². The molecule has 2 rings (SSSR count). The molecule has 0 spiro atoms. The SMILES string of the molecule is FC1CCCN(c2ncccc2Cl)C1. The maximum Gasteiger partial charge on any atom is 0.147 e. The Bertz CT molecular complexity index is 319. The Morgan fingerprint density at radius 1 is 1.57 bits per heavy atom. The van der Waals surface area contributed by atoms with Crippen molar-refractivity contribution in [1.82, 2.24) is 4.98 Å². The van der Waals surface area contributed by atoms with E-state index in [9.17, 15) is 4.39 Å². The van der Waals surface area contributed by atoms with Crippen LogP contribution in [0.5, 0.6) is 0 Å². The molecule has 1 fully saturated rings. The predicted octanol–water partition coefficient (Wildman–Crippen LogP) is 2.67. The number of pyridine rings is 1. The van der Waals surface area contributed by atoms with Crippen LogP contribution in [-0.2, 0) is 0 Å². The second-order valence-electron chi connectivity index (χ2n) is 3.49. The fourth-order valence-electron chi connectivity index (χ4n) is 1.73. The Morgan fingerprint density at radius 2 is 2.43 bits per heavy atom. The molecule has 0 aliphatic carbocycles. The Balaban J connectivity index is 2.18. The van der Waals surface area contributed by atoms with E-state index >= 15 is 0 Å². The van der Waals surface area contributed by atoms with Gasteiger partial charge in [-0.3, -0.25) is 0 Å². The van der Waals surface area contributed by atoms with Gasteiger partial charge in [0.05, 0.1) is 11.6 Å². The third kappa shape index (κ3) is 1.98. The smallest absolute Gasteiger partial charge is 0.147 e. The molecule has 0 aromatic carbocycles. The van der Waals surface area contributed by atoms with Crippen LogP contribution >= 0.6 is 11.6 Å². The molecule has 0 N–H and O–H groups in total. The molecule has 0 radical (unpaired) electrons. The fraction of sp³-hybridized carbons (Fsp3) is 0.500. The highest BCUT2D eigenvalue weighted by Crippen LogP contribution is 2.25. The Labute approximate surface area is 87.7 Å². The van der Waals surface area contributed by atoms with E-state index in [-0.39, 0.29) is 0 Å². The number of rotatable bonds is 1. The lowest BCUT2D eigenvalue weighted by molar-refractivity contribution is 0.286. The van der Waals surface area contributed by atoms with Crippen LogP contribution in [0.2, 0.25) is 5.02 Å². The Hall–Kier alpha value is -0.830. The lowest BCUT2D eigenvalue weighted by atomic mass is 10.1. The van der Waals surface area contributed by atoms with Gasteiger partial charge in [0, 0.05) is 12.7 Å². The van der Waals surface area contributed by atoms with Gasteiger partial charge in [-0.2, -0.15) is 0 Å². The summed E-state index contributed by atoms with van der Waals surface area (Å²) in [5, 5.41) is 0.599. The van der Waals surface area contributed by atoms with Crippen molar-refractivity contribution >= 4 is 17.4 Å². The molecule has 1 aromatic rings. The van der Waals surface area contributed by atoms with Crippen molar-refractivity contribution in [3.05, 3.63) is 23.4 Å². The molecule has 2 heterocycles. The summed E-state index contributed by atoms with van der Waals surface area (Å²) in [5.74, 6) is 0.705. The van der Waals surface area contributed by atoms with Crippen molar-refractivity contribution in [3.63, 3.8) is 0 Å². The molecule has 1 aliphatic rings. The molecule has 1 saturated heterocycles. The molecule has 76 valence electrons. The van der Waals surface area contributed by atoms with E-state index in [1.165, 1.54) is 0 Å². The summed E-state index contributed by atoms with van der Waals surface area (Å²) < 4.78 is 13.1. The van der Waals surface area contributed by atoms with E-state index in [2.05, 4.69) is 4.98 Å². The summed E-state index contributed by atoms with van der Waals surface area (Å²) >= 11 is 5.98. The first kappa shape index (κ1) is 9.71. The zero-order chi connectivity index (χ0) is 9.97. The van der Waals surface area contributed by atoms with E-state index in [1.54, 1.807) is 18.3 Å². The fourth-order valence-corrected chi connectivity index (χ4v) is 1.97. The van der Waals surface area contributed by atoms with Crippen LogP contribution in [0.3, 0.4) is 0 Å².